The van der Waals surface area contributed by atoms with Crippen molar-refractivity contribution < 1.29 is 5.11 Å². The number of nitrogens with two attached hydrogens (primary N) is 1. The molecule has 1 saturated carbocycles. The topological polar surface area (TPSA) is 49.5 Å². The van der Waals surface area contributed by atoms with Crippen molar-refractivity contribution >= 4 is 21.6 Å². The summed E-state index contributed by atoms with van der Waals surface area (Å²) in [5, 5.41) is 10.1. The zero-order chi connectivity index (χ0) is 14.0. The summed E-state index contributed by atoms with van der Waals surface area (Å²) in [5.74, 6) is 0. The maximum Gasteiger partial charge on any atom is 0.0743 e. The Balaban J connectivity index is 2.19. The fourth-order valence-electron chi connectivity index (χ4n) is 2.84. The van der Waals surface area contributed by atoms with E-state index in [9.17, 15) is 5.11 Å². The first kappa shape index (κ1) is 14.8. The van der Waals surface area contributed by atoms with E-state index >= 15 is 0 Å². The van der Waals surface area contributed by atoms with Crippen LogP contribution in [0, 0.1) is 0 Å². The van der Waals surface area contributed by atoms with Crippen LogP contribution in [0.5, 0.6) is 0 Å². The third-order valence-corrected chi connectivity index (χ3v) is 4.76. The number of likely N-dealkylation sites (N-methyl/N-ethyl adjacent to an activating group) is 1. The van der Waals surface area contributed by atoms with E-state index in [0.29, 0.717) is 0 Å². The highest BCUT2D eigenvalue weighted by Gasteiger charge is 2.27. The van der Waals surface area contributed by atoms with E-state index in [-0.39, 0.29) is 18.2 Å². The van der Waals surface area contributed by atoms with Gasteiger partial charge in [-0.2, -0.15) is 0 Å². The zero-order valence-corrected chi connectivity index (χ0v) is 13.2. The Morgan fingerprint density at radius 2 is 2.05 bits per heavy atom. The summed E-state index contributed by atoms with van der Waals surface area (Å²) in [6.07, 6.45) is 4.09. The van der Waals surface area contributed by atoms with E-state index in [1.807, 2.05) is 6.92 Å². The Morgan fingerprint density at radius 3 is 2.63 bits per heavy atom. The summed E-state index contributed by atoms with van der Waals surface area (Å²) in [4.78, 5) is 2.19. The molecule has 4 heteroatoms. The normalized spacial score (nSPS) is 25.1. The molecule has 0 aromatic heterocycles. The Bertz CT molecular complexity index is 436. The van der Waals surface area contributed by atoms with E-state index < -0.39 is 0 Å². The second-order valence-corrected chi connectivity index (χ2v) is 6.38. The molecule has 2 unspecified atom stereocenters. The van der Waals surface area contributed by atoms with Gasteiger partial charge in [0.15, 0.2) is 0 Å². The van der Waals surface area contributed by atoms with E-state index in [2.05, 4.69) is 46.1 Å². The highest BCUT2D eigenvalue weighted by atomic mass is 79.9. The zero-order valence-electron chi connectivity index (χ0n) is 11.6. The first-order valence-corrected chi connectivity index (χ1v) is 7.76. The van der Waals surface area contributed by atoms with Gasteiger partial charge in [-0.25, -0.2) is 0 Å². The van der Waals surface area contributed by atoms with Gasteiger partial charge in [0.25, 0.3) is 0 Å². The van der Waals surface area contributed by atoms with E-state index in [1.165, 1.54) is 6.42 Å². The molecule has 2 rings (SSSR count). The molecular weight excluding hydrogens is 304 g/mol. The third-order valence-electron chi connectivity index (χ3n) is 4.07. The molecule has 1 aliphatic carbocycles. The maximum atomic E-state index is 10.1. The summed E-state index contributed by atoms with van der Waals surface area (Å²) in [7, 11) is 2.06. The Morgan fingerprint density at radius 1 is 1.37 bits per heavy atom. The lowest BCUT2D eigenvalue weighted by Gasteiger charge is -2.36. The summed E-state index contributed by atoms with van der Waals surface area (Å²) in [6.45, 7) is 1.98. The van der Waals surface area contributed by atoms with Gasteiger partial charge < -0.3 is 15.7 Å². The van der Waals surface area contributed by atoms with Gasteiger partial charge >= 0.3 is 0 Å². The molecule has 3 N–H and O–H groups in total. The fourth-order valence-corrected chi connectivity index (χ4v) is 3.57. The number of hydrogen-bond acceptors (Lipinski definition) is 3. The van der Waals surface area contributed by atoms with Crippen molar-refractivity contribution in [1.29, 1.82) is 0 Å². The Labute approximate surface area is 123 Å². The van der Waals surface area contributed by atoms with Crippen molar-refractivity contribution in [2.45, 2.75) is 50.8 Å². The van der Waals surface area contributed by atoms with E-state index in [1.54, 1.807) is 0 Å². The first-order chi connectivity index (χ1) is 9.00. The molecule has 0 saturated heterocycles. The Hall–Kier alpha value is -0.580. The summed E-state index contributed by atoms with van der Waals surface area (Å²) < 4.78 is 1.04. The minimum absolute atomic E-state index is 0.0222. The van der Waals surface area contributed by atoms with Crippen molar-refractivity contribution in [1.82, 2.24) is 0 Å². The van der Waals surface area contributed by atoms with Crippen LogP contribution in [0.1, 0.15) is 44.2 Å². The lowest BCUT2D eigenvalue weighted by Crippen LogP contribution is -2.43. The molecule has 106 valence electrons. The molecule has 3 nitrogen and oxygen atoms in total. The van der Waals surface area contributed by atoms with Gasteiger partial charge in [-0.05, 0) is 37.5 Å². The van der Waals surface area contributed by atoms with Crippen LogP contribution in [-0.2, 0) is 0 Å². The quantitative estimate of drug-likeness (QED) is 0.896. The molecule has 0 heterocycles. The smallest absolute Gasteiger partial charge is 0.0743 e. The van der Waals surface area contributed by atoms with Crippen LogP contribution in [0.25, 0.3) is 0 Å². The minimum Gasteiger partial charge on any atom is -0.391 e. The number of aliphatic hydroxyl groups is 1. The van der Waals surface area contributed by atoms with Gasteiger partial charge in [-0.1, -0.05) is 34.8 Å². The number of anilines is 1. The van der Waals surface area contributed by atoms with Crippen molar-refractivity contribution in [2.24, 2.45) is 5.73 Å². The number of aliphatic hydroxyl groups excluding tert-OH is 1. The molecule has 19 heavy (non-hydrogen) atoms. The summed E-state index contributed by atoms with van der Waals surface area (Å²) in [5.41, 5.74) is 8.16. The number of benzene rings is 1. The van der Waals surface area contributed by atoms with Crippen LogP contribution < -0.4 is 10.6 Å². The number of rotatable bonds is 3. The SMILES string of the molecule is C[C@@H](N)c1ccc(N(C)C2CCCCC2O)cc1Br. The summed E-state index contributed by atoms with van der Waals surface area (Å²) in [6, 6.07) is 6.50. The van der Waals surface area contributed by atoms with Gasteiger partial charge in [0, 0.05) is 23.2 Å². The second-order valence-electron chi connectivity index (χ2n) is 5.52. The molecule has 0 bridgehead atoms. The van der Waals surface area contributed by atoms with Gasteiger partial charge in [-0.3, -0.25) is 0 Å². The highest BCUT2D eigenvalue weighted by Crippen LogP contribution is 2.31. The van der Waals surface area contributed by atoms with Gasteiger partial charge in [-0.15, -0.1) is 0 Å². The maximum absolute atomic E-state index is 10.1. The van der Waals surface area contributed by atoms with Gasteiger partial charge in [0.1, 0.15) is 0 Å². The van der Waals surface area contributed by atoms with Crippen LogP contribution >= 0.6 is 15.9 Å². The molecular formula is C15H23BrN2O. The summed E-state index contributed by atoms with van der Waals surface area (Å²) >= 11 is 3.59. The predicted octanol–water partition coefficient (Wildman–Crippen LogP) is 3.21. The molecule has 0 amide bonds. The Kier molecular flexibility index (Phi) is 4.87. The van der Waals surface area contributed by atoms with Crippen LogP contribution in [0.4, 0.5) is 5.69 Å². The van der Waals surface area contributed by atoms with Crippen molar-refractivity contribution in [3.8, 4) is 0 Å². The molecule has 0 spiro atoms. The largest absolute Gasteiger partial charge is 0.391 e. The third kappa shape index (κ3) is 3.30. The van der Waals surface area contributed by atoms with E-state index in [4.69, 9.17) is 5.73 Å². The average Bonchev–Trinajstić information content (AvgIpc) is 2.38. The van der Waals surface area contributed by atoms with Crippen molar-refractivity contribution in [2.75, 3.05) is 11.9 Å². The van der Waals surface area contributed by atoms with Crippen LogP contribution in [0.15, 0.2) is 22.7 Å². The molecule has 1 aromatic carbocycles. The number of nitrogens with zero attached hydrogens (tertiary/aromatic N) is 1. The number of halogens is 1. The van der Waals surface area contributed by atoms with Crippen LogP contribution in [0.3, 0.4) is 0 Å². The monoisotopic (exact) mass is 326 g/mol. The van der Waals surface area contributed by atoms with Crippen LogP contribution in [-0.4, -0.2) is 24.3 Å². The van der Waals surface area contributed by atoms with E-state index in [0.717, 1.165) is 35.0 Å². The molecule has 1 aromatic rings. The number of hydrogen-bond donors (Lipinski definition) is 2. The lowest BCUT2D eigenvalue weighted by molar-refractivity contribution is 0.106. The first-order valence-electron chi connectivity index (χ1n) is 6.96. The van der Waals surface area contributed by atoms with Gasteiger partial charge in [0.05, 0.1) is 12.1 Å². The van der Waals surface area contributed by atoms with Crippen molar-refractivity contribution in [3.05, 3.63) is 28.2 Å². The average molecular weight is 327 g/mol. The highest BCUT2D eigenvalue weighted by molar-refractivity contribution is 9.10. The predicted molar refractivity (Wildman–Crippen MR) is 83.4 cm³/mol. The molecule has 0 aliphatic heterocycles. The molecule has 1 fully saturated rings. The van der Waals surface area contributed by atoms with Crippen molar-refractivity contribution in [3.63, 3.8) is 0 Å². The molecule has 1 aliphatic rings. The van der Waals surface area contributed by atoms with Crippen LogP contribution in [0.2, 0.25) is 0 Å². The fraction of sp³-hybridized carbons (Fsp3) is 0.600. The minimum atomic E-state index is -0.217. The van der Waals surface area contributed by atoms with Gasteiger partial charge in [0.2, 0.25) is 0 Å². The lowest BCUT2D eigenvalue weighted by atomic mass is 9.91. The second kappa shape index (κ2) is 6.25. The standard InChI is InChI=1S/C15H23BrN2O/c1-10(17)12-8-7-11(9-13(12)16)18(2)14-5-3-4-6-15(14)19/h7-10,14-15,19H,3-6,17H2,1-2H3/t10-,14?,15?/m1/s1. The molecule has 3 atom stereocenters. The molecule has 0 radical (unpaired) electrons.